The van der Waals surface area contributed by atoms with Gasteiger partial charge in [-0.05, 0) is 97.4 Å². The van der Waals surface area contributed by atoms with Gasteiger partial charge in [-0.15, -0.1) is 11.8 Å². The van der Waals surface area contributed by atoms with E-state index in [1.165, 1.54) is 11.8 Å². The standard InChI is InChI=1S/C38H33N3O5S/c1-2-45-31-20-16-27(17-21-31)24-35(41-37(43)28-10-5-3-6-11-28)38(44)40-30-12-9-15-34(25-30)47-26-36(42)39-29-18-22-33(23-19-29)46-32-13-7-4-8-14-32/h3-25H,2,26H2,1H3,(H,39,42)(H,40,44)(H,41,43)/b35-24+. The van der Waals surface area contributed by atoms with Crippen LogP contribution in [0.15, 0.2) is 144 Å². The van der Waals surface area contributed by atoms with Gasteiger partial charge in [-0.2, -0.15) is 0 Å². The normalized spacial score (nSPS) is 10.9. The monoisotopic (exact) mass is 643 g/mol. The molecule has 0 aromatic heterocycles. The molecule has 9 heteroatoms. The third kappa shape index (κ3) is 10.1. The first-order chi connectivity index (χ1) is 22.9. The summed E-state index contributed by atoms with van der Waals surface area (Å²) in [4.78, 5) is 39.9. The van der Waals surface area contributed by atoms with Gasteiger partial charge in [0.2, 0.25) is 5.91 Å². The predicted octanol–water partition coefficient (Wildman–Crippen LogP) is 8.02. The highest BCUT2D eigenvalue weighted by atomic mass is 32.2. The van der Waals surface area contributed by atoms with Crippen molar-refractivity contribution in [2.75, 3.05) is 23.0 Å². The highest BCUT2D eigenvalue weighted by Gasteiger charge is 2.16. The molecule has 47 heavy (non-hydrogen) atoms. The number of thioether (sulfide) groups is 1. The van der Waals surface area contributed by atoms with Gasteiger partial charge in [0.1, 0.15) is 22.9 Å². The van der Waals surface area contributed by atoms with Gasteiger partial charge < -0.3 is 25.4 Å². The van der Waals surface area contributed by atoms with Gasteiger partial charge in [0, 0.05) is 21.8 Å². The van der Waals surface area contributed by atoms with Crippen LogP contribution in [0.3, 0.4) is 0 Å². The lowest BCUT2D eigenvalue weighted by atomic mass is 10.1. The minimum absolute atomic E-state index is 0.0700. The van der Waals surface area contributed by atoms with Crippen molar-refractivity contribution in [1.29, 1.82) is 0 Å². The first kappa shape index (κ1) is 32.6. The Morgan fingerprint density at radius 1 is 0.681 bits per heavy atom. The number of hydrogen-bond acceptors (Lipinski definition) is 6. The molecule has 0 heterocycles. The minimum Gasteiger partial charge on any atom is -0.494 e. The average Bonchev–Trinajstić information content (AvgIpc) is 3.10. The first-order valence-corrected chi connectivity index (χ1v) is 15.9. The number of benzene rings is 5. The van der Waals surface area contributed by atoms with Gasteiger partial charge >= 0.3 is 0 Å². The number of carbonyl (C=O) groups is 3. The fourth-order valence-corrected chi connectivity index (χ4v) is 5.13. The second-order valence-electron chi connectivity index (χ2n) is 10.1. The summed E-state index contributed by atoms with van der Waals surface area (Å²) < 4.78 is 11.3. The van der Waals surface area contributed by atoms with Gasteiger partial charge in [0.15, 0.2) is 0 Å². The van der Waals surface area contributed by atoms with Crippen molar-refractivity contribution >= 4 is 46.9 Å². The zero-order valence-electron chi connectivity index (χ0n) is 25.6. The summed E-state index contributed by atoms with van der Waals surface area (Å²) in [6.07, 6.45) is 1.61. The van der Waals surface area contributed by atoms with Crippen LogP contribution in [0.4, 0.5) is 11.4 Å². The lowest BCUT2D eigenvalue weighted by molar-refractivity contribution is -0.114. The number of carbonyl (C=O) groups excluding carboxylic acids is 3. The van der Waals surface area contributed by atoms with Crippen molar-refractivity contribution in [2.45, 2.75) is 11.8 Å². The Labute approximate surface area is 277 Å². The van der Waals surface area contributed by atoms with E-state index in [2.05, 4.69) is 16.0 Å². The predicted molar refractivity (Wildman–Crippen MR) is 187 cm³/mol. The number of para-hydroxylation sites is 1. The Morgan fingerprint density at radius 2 is 1.34 bits per heavy atom. The van der Waals surface area contributed by atoms with Crippen LogP contribution in [0.1, 0.15) is 22.8 Å². The molecule has 5 aromatic carbocycles. The number of nitrogens with one attached hydrogen (secondary N) is 3. The van der Waals surface area contributed by atoms with E-state index >= 15 is 0 Å². The smallest absolute Gasteiger partial charge is 0.272 e. The van der Waals surface area contributed by atoms with Crippen LogP contribution in [0.25, 0.3) is 6.08 Å². The van der Waals surface area contributed by atoms with Crippen LogP contribution in [-0.2, 0) is 9.59 Å². The molecule has 3 N–H and O–H groups in total. The van der Waals surface area contributed by atoms with E-state index in [-0.39, 0.29) is 17.4 Å². The van der Waals surface area contributed by atoms with Crippen molar-refractivity contribution in [3.05, 3.63) is 150 Å². The Hall–Kier alpha value is -5.80. The van der Waals surface area contributed by atoms with Crippen LogP contribution in [0.5, 0.6) is 17.2 Å². The molecular weight excluding hydrogens is 611 g/mol. The number of amides is 3. The van der Waals surface area contributed by atoms with Crippen LogP contribution in [0.2, 0.25) is 0 Å². The molecule has 0 fully saturated rings. The molecular formula is C38H33N3O5S. The highest BCUT2D eigenvalue weighted by molar-refractivity contribution is 8.00. The molecule has 0 saturated heterocycles. The second kappa shape index (κ2) is 16.5. The van der Waals surface area contributed by atoms with Crippen LogP contribution in [0, 0.1) is 0 Å². The second-order valence-corrected chi connectivity index (χ2v) is 11.2. The van der Waals surface area contributed by atoms with Crippen LogP contribution in [-0.4, -0.2) is 30.1 Å². The number of rotatable bonds is 13. The summed E-state index contributed by atoms with van der Waals surface area (Å²) >= 11 is 1.33. The molecule has 236 valence electrons. The molecule has 0 unspecified atom stereocenters. The van der Waals surface area contributed by atoms with Crippen LogP contribution < -0.4 is 25.4 Å². The van der Waals surface area contributed by atoms with E-state index in [1.807, 2.05) is 61.5 Å². The molecule has 0 aliphatic carbocycles. The quantitative estimate of drug-likeness (QED) is 0.0887. The molecule has 0 saturated carbocycles. The third-order valence-electron chi connectivity index (χ3n) is 6.61. The SMILES string of the molecule is CCOc1ccc(/C=C(/NC(=O)c2ccccc2)C(=O)Nc2cccc(SCC(=O)Nc3ccc(Oc4ccccc4)cc3)c2)cc1. The molecule has 0 atom stereocenters. The highest BCUT2D eigenvalue weighted by Crippen LogP contribution is 2.25. The number of hydrogen-bond donors (Lipinski definition) is 3. The lowest BCUT2D eigenvalue weighted by Gasteiger charge is -2.12. The zero-order valence-corrected chi connectivity index (χ0v) is 26.5. The van der Waals surface area contributed by atoms with Crippen molar-refractivity contribution in [3.8, 4) is 17.2 Å². The van der Waals surface area contributed by atoms with Gasteiger partial charge in [0.25, 0.3) is 11.8 Å². The van der Waals surface area contributed by atoms with Gasteiger partial charge in [-0.25, -0.2) is 0 Å². The maximum absolute atomic E-state index is 13.5. The average molecular weight is 644 g/mol. The summed E-state index contributed by atoms with van der Waals surface area (Å²) in [5, 5.41) is 8.51. The van der Waals surface area contributed by atoms with E-state index < -0.39 is 11.8 Å². The molecule has 0 spiro atoms. The Bertz CT molecular complexity index is 1830. The third-order valence-corrected chi connectivity index (χ3v) is 7.60. The Kier molecular flexibility index (Phi) is 11.4. The van der Waals surface area contributed by atoms with Crippen molar-refractivity contribution in [2.24, 2.45) is 0 Å². The van der Waals surface area contributed by atoms with Gasteiger partial charge in [-0.3, -0.25) is 14.4 Å². The van der Waals surface area contributed by atoms with Crippen LogP contribution >= 0.6 is 11.8 Å². The van der Waals surface area contributed by atoms with Gasteiger partial charge in [0.05, 0.1) is 12.4 Å². The number of ether oxygens (including phenoxy) is 2. The summed E-state index contributed by atoms with van der Waals surface area (Å²) in [5.74, 6) is 1.18. The molecule has 0 bridgehead atoms. The molecule has 3 amide bonds. The van der Waals surface area contributed by atoms with Crippen molar-refractivity contribution in [3.63, 3.8) is 0 Å². The summed E-state index contributed by atoms with van der Waals surface area (Å²) in [6.45, 7) is 2.44. The topological polar surface area (TPSA) is 106 Å². The van der Waals surface area contributed by atoms with E-state index in [4.69, 9.17) is 9.47 Å². The molecule has 8 nitrogen and oxygen atoms in total. The Morgan fingerprint density at radius 3 is 2.04 bits per heavy atom. The number of anilines is 2. The maximum atomic E-state index is 13.5. The van der Waals surface area contributed by atoms with E-state index in [1.54, 1.807) is 84.9 Å². The minimum atomic E-state index is -0.497. The van der Waals surface area contributed by atoms with E-state index in [9.17, 15) is 14.4 Å². The first-order valence-electron chi connectivity index (χ1n) is 14.9. The molecule has 5 rings (SSSR count). The zero-order chi connectivity index (χ0) is 32.8. The molecule has 0 aliphatic heterocycles. The largest absolute Gasteiger partial charge is 0.494 e. The summed E-state index contributed by atoms with van der Waals surface area (Å²) in [5.41, 5.74) is 2.37. The molecule has 0 radical (unpaired) electrons. The molecule has 5 aromatic rings. The fraction of sp³-hybridized carbons (Fsp3) is 0.0789. The van der Waals surface area contributed by atoms with Gasteiger partial charge in [-0.1, -0.05) is 54.6 Å². The lowest BCUT2D eigenvalue weighted by Crippen LogP contribution is -2.30. The van der Waals surface area contributed by atoms with E-state index in [0.717, 1.165) is 10.6 Å². The Balaban J connectivity index is 1.20. The van der Waals surface area contributed by atoms with E-state index in [0.29, 0.717) is 40.6 Å². The summed E-state index contributed by atoms with van der Waals surface area (Å²) in [6, 6.07) is 39.7. The fourth-order valence-electron chi connectivity index (χ4n) is 4.37. The van der Waals surface area contributed by atoms with Crippen molar-refractivity contribution < 1.29 is 23.9 Å². The van der Waals surface area contributed by atoms with Crippen molar-refractivity contribution in [1.82, 2.24) is 5.32 Å². The summed E-state index contributed by atoms with van der Waals surface area (Å²) in [7, 11) is 0. The maximum Gasteiger partial charge on any atom is 0.272 e. The molecule has 0 aliphatic rings.